The van der Waals surface area contributed by atoms with Crippen molar-refractivity contribution in [3.8, 4) is 5.75 Å². The maximum atomic E-state index is 12.1. The summed E-state index contributed by atoms with van der Waals surface area (Å²) in [5.41, 5.74) is 1.23. The van der Waals surface area contributed by atoms with E-state index in [1.54, 1.807) is 24.0 Å². The van der Waals surface area contributed by atoms with Crippen LogP contribution in [0.5, 0.6) is 5.75 Å². The van der Waals surface area contributed by atoms with E-state index in [0.29, 0.717) is 18.7 Å². The first kappa shape index (κ1) is 14.4. The van der Waals surface area contributed by atoms with Crippen molar-refractivity contribution < 1.29 is 14.7 Å². The Morgan fingerprint density at radius 3 is 2.55 bits per heavy atom. The first-order valence-corrected chi connectivity index (χ1v) is 6.83. The Hall–Kier alpha value is -2.04. The molecule has 1 saturated heterocycles. The summed E-state index contributed by atoms with van der Waals surface area (Å²) in [4.78, 5) is 25.2. The molecule has 1 aromatic rings. The predicted octanol–water partition coefficient (Wildman–Crippen LogP) is 1.44. The van der Waals surface area contributed by atoms with Crippen molar-refractivity contribution >= 4 is 11.8 Å². The largest absolute Gasteiger partial charge is 0.507 e. The molecule has 0 aromatic heterocycles. The summed E-state index contributed by atoms with van der Waals surface area (Å²) >= 11 is 0. The van der Waals surface area contributed by atoms with Gasteiger partial charge in [-0.1, -0.05) is 11.6 Å². The van der Waals surface area contributed by atoms with E-state index < -0.39 is 0 Å². The van der Waals surface area contributed by atoms with Gasteiger partial charge in [0.15, 0.2) is 0 Å². The minimum Gasteiger partial charge on any atom is -0.507 e. The van der Waals surface area contributed by atoms with E-state index in [9.17, 15) is 14.7 Å². The minimum atomic E-state index is -0.257. The van der Waals surface area contributed by atoms with E-state index in [4.69, 9.17) is 0 Å². The molecule has 0 radical (unpaired) electrons. The second kappa shape index (κ2) is 5.94. The van der Waals surface area contributed by atoms with Gasteiger partial charge in [0.2, 0.25) is 5.91 Å². The van der Waals surface area contributed by atoms with Gasteiger partial charge in [0.25, 0.3) is 5.91 Å². The Kier molecular flexibility index (Phi) is 4.27. The standard InChI is InChI=1S/C15H20N2O3/c1-10-3-4-14(19)13(9-10)15(20)16-12-5-7-17(8-6-12)11(2)18/h3-4,9,12,19H,5-8H2,1-2H3,(H,16,20). The van der Waals surface area contributed by atoms with Gasteiger partial charge in [0.1, 0.15) is 5.75 Å². The maximum absolute atomic E-state index is 12.1. The van der Waals surface area contributed by atoms with Gasteiger partial charge in [0.05, 0.1) is 5.56 Å². The van der Waals surface area contributed by atoms with Crippen LogP contribution >= 0.6 is 0 Å². The second-order valence-corrected chi connectivity index (χ2v) is 5.27. The Morgan fingerprint density at radius 1 is 1.30 bits per heavy atom. The van der Waals surface area contributed by atoms with Crippen LogP contribution in [0.15, 0.2) is 18.2 Å². The van der Waals surface area contributed by atoms with Crippen molar-refractivity contribution in [1.29, 1.82) is 0 Å². The molecule has 0 spiro atoms. The first-order valence-electron chi connectivity index (χ1n) is 6.83. The van der Waals surface area contributed by atoms with Crippen LogP contribution < -0.4 is 5.32 Å². The average Bonchev–Trinajstić information content (AvgIpc) is 2.42. The number of rotatable bonds is 2. The lowest BCUT2D eigenvalue weighted by Crippen LogP contribution is -2.46. The number of nitrogens with zero attached hydrogens (tertiary/aromatic N) is 1. The first-order chi connectivity index (χ1) is 9.47. The zero-order valence-electron chi connectivity index (χ0n) is 11.8. The van der Waals surface area contributed by atoms with Crippen molar-refractivity contribution in [2.45, 2.75) is 32.7 Å². The van der Waals surface area contributed by atoms with Gasteiger partial charge in [0, 0.05) is 26.1 Å². The van der Waals surface area contributed by atoms with E-state index in [2.05, 4.69) is 5.32 Å². The van der Waals surface area contributed by atoms with Crippen LogP contribution in [0.3, 0.4) is 0 Å². The molecule has 0 aliphatic carbocycles. The number of nitrogens with one attached hydrogen (secondary N) is 1. The maximum Gasteiger partial charge on any atom is 0.255 e. The molecule has 5 nitrogen and oxygen atoms in total. The number of carbonyl (C=O) groups is 2. The molecule has 20 heavy (non-hydrogen) atoms. The molecule has 1 aliphatic rings. The Bertz CT molecular complexity index is 520. The molecule has 0 saturated carbocycles. The summed E-state index contributed by atoms with van der Waals surface area (Å²) in [6.45, 7) is 4.77. The summed E-state index contributed by atoms with van der Waals surface area (Å²) < 4.78 is 0. The molecule has 2 N–H and O–H groups in total. The molecule has 0 atom stereocenters. The number of benzene rings is 1. The zero-order chi connectivity index (χ0) is 14.7. The molecule has 2 rings (SSSR count). The van der Waals surface area contributed by atoms with Crippen molar-refractivity contribution in [2.75, 3.05) is 13.1 Å². The SMILES string of the molecule is CC(=O)N1CCC(NC(=O)c2cc(C)ccc2O)CC1. The smallest absolute Gasteiger partial charge is 0.255 e. The normalized spacial score (nSPS) is 16.0. The lowest BCUT2D eigenvalue weighted by molar-refractivity contribution is -0.129. The molecule has 0 unspecified atom stereocenters. The number of aromatic hydroxyl groups is 1. The minimum absolute atomic E-state index is 0.00530. The number of amides is 2. The molecule has 1 heterocycles. The monoisotopic (exact) mass is 276 g/mol. The summed E-state index contributed by atoms with van der Waals surface area (Å²) in [6, 6.07) is 5.02. The highest BCUT2D eigenvalue weighted by molar-refractivity contribution is 5.97. The second-order valence-electron chi connectivity index (χ2n) is 5.27. The molecule has 1 fully saturated rings. The van der Waals surface area contributed by atoms with E-state index in [-0.39, 0.29) is 23.6 Å². The third-order valence-electron chi connectivity index (χ3n) is 3.67. The Balaban J connectivity index is 1.96. The number of aryl methyl sites for hydroxylation is 1. The van der Waals surface area contributed by atoms with Crippen LogP contribution in [-0.4, -0.2) is 41.0 Å². The fourth-order valence-electron chi connectivity index (χ4n) is 2.43. The number of hydrogen-bond acceptors (Lipinski definition) is 3. The Morgan fingerprint density at radius 2 is 1.95 bits per heavy atom. The van der Waals surface area contributed by atoms with Crippen LogP contribution in [0.1, 0.15) is 35.7 Å². The topological polar surface area (TPSA) is 69.6 Å². The number of hydrogen-bond donors (Lipinski definition) is 2. The lowest BCUT2D eigenvalue weighted by Gasteiger charge is -2.31. The zero-order valence-corrected chi connectivity index (χ0v) is 11.8. The van der Waals surface area contributed by atoms with E-state index >= 15 is 0 Å². The average molecular weight is 276 g/mol. The van der Waals surface area contributed by atoms with Gasteiger partial charge < -0.3 is 15.3 Å². The fraction of sp³-hybridized carbons (Fsp3) is 0.467. The molecular weight excluding hydrogens is 256 g/mol. The van der Waals surface area contributed by atoms with Crippen LogP contribution in [-0.2, 0) is 4.79 Å². The fourth-order valence-corrected chi connectivity index (χ4v) is 2.43. The van der Waals surface area contributed by atoms with Gasteiger partial charge in [-0.3, -0.25) is 9.59 Å². The number of piperidine rings is 1. The number of likely N-dealkylation sites (tertiary alicyclic amines) is 1. The molecule has 5 heteroatoms. The highest BCUT2D eigenvalue weighted by Crippen LogP contribution is 2.19. The summed E-state index contributed by atoms with van der Waals surface area (Å²) in [5, 5.41) is 12.7. The highest BCUT2D eigenvalue weighted by Gasteiger charge is 2.23. The molecule has 1 aromatic carbocycles. The molecule has 1 aliphatic heterocycles. The number of carbonyl (C=O) groups excluding carboxylic acids is 2. The van der Waals surface area contributed by atoms with Gasteiger partial charge in [-0.2, -0.15) is 0 Å². The highest BCUT2D eigenvalue weighted by atomic mass is 16.3. The summed E-state index contributed by atoms with van der Waals surface area (Å²) in [5.74, 6) is -0.187. The summed E-state index contributed by atoms with van der Waals surface area (Å²) in [7, 11) is 0. The van der Waals surface area contributed by atoms with Crippen molar-refractivity contribution in [2.24, 2.45) is 0 Å². The van der Waals surface area contributed by atoms with Crippen LogP contribution in [0.4, 0.5) is 0 Å². The van der Waals surface area contributed by atoms with Gasteiger partial charge in [-0.05, 0) is 31.9 Å². The van der Waals surface area contributed by atoms with Crippen molar-refractivity contribution in [3.05, 3.63) is 29.3 Å². The molecule has 0 bridgehead atoms. The van der Waals surface area contributed by atoms with Crippen LogP contribution in [0, 0.1) is 6.92 Å². The quantitative estimate of drug-likeness (QED) is 0.858. The van der Waals surface area contributed by atoms with Crippen LogP contribution in [0.2, 0.25) is 0 Å². The summed E-state index contributed by atoms with van der Waals surface area (Å²) in [6.07, 6.45) is 1.50. The molecular formula is C15H20N2O3. The van der Waals surface area contributed by atoms with Crippen molar-refractivity contribution in [1.82, 2.24) is 10.2 Å². The van der Waals surface area contributed by atoms with Gasteiger partial charge in [-0.25, -0.2) is 0 Å². The number of phenolic OH excluding ortho intramolecular Hbond substituents is 1. The van der Waals surface area contributed by atoms with Gasteiger partial charge >= 0.3 is 0 Å². The molecule has 2 amide bonds. The Labute approximate surface area is 118 Å². The van der Waals surface area contributed by atoms with Crippen LogP contribution in [0.25, 0.3) is 0 Å². The van der Waals surface area contributed by atoms with Gasteiger partial charge in [-0.15, -0.1) is 0 Å². The van der Waals surface area contributed by atoms with Crippen molar-refractivity contribution in [3.63, 3.8) is 0 Å². The van der Waals surface area contributed by atoms with E-state index in [0.717, 1.165) is 18.4 Å². The number of phenols is 1. The lowest BCUT2D eigenvalue weighted by atomic mass is 10.0. The molecule has 108 valence electrons. The van der Waals surface area contributed by atoms with E-state index in [1.807, 2.05) is 6.92 Å². The third kappa shape index (κ3) is 3.29. The third-order valence-corrected chi connectivity index (χ3v) is 3.67. The van der Waals surface area contributed by atoms with E-state index in [1.165, 1.54) is 6.07 Å². The predicted molar refractivity (Wildman–Crippen MR) is 75.6 cm³/mol.